The zero-order valence-corrected chi connectivity index (χ0v) is 14.0. The Labute approximate surface area is 151 Å². The minimum absolute atomic E-state index is 0.322. The van der Waals surface area contributed by atoms with Gasteiger partial charge in [-0.25, -0.2) is 28.7 Å². The van der Waals surface area contributed by atoms with Gasteiger partial charge in [0.05, 0.1) is 22.1 Å². The highest BCUT2D eigenvalue weighted by Gasteiger charge is 2.13. The summed E-state index contributed by atoms with van der Waals surface area (Å²) in [4.78, 5) is 24.4. The molecule has 2 aromatic carbocycles. The van der Waals surface area contributed by atoms with E-state index in [-0.39, 0.29) is 0 Å². The molecule has 0 radical (unpaired) electrons. The van der Waals surface area contributed by atoms with Crippen LogP contribution in [0.3, 0.4) is 0 Å². The third-order valence-corrected chi connectivity index (χ3v) is 4.39. The summed E-state index contributed by atoms with van der Waals surface area (Å²) in [5, 5.41) is 9.60. The highest BCUT2D eigenvalue weighted by molar-refractivity contribution is 5.82. The average molecular weight is 363 g/mol. The maximum atomic E-state index is 13.6. The average Bonchev–Trinajstić information content (AvgIpc) is 3.25. The van der Waals surface area contributed by atoms with E-state index < -0.39 is 11.5 Å². The Morgan fingerprint density at radius 2 is 2.00 bits per heavy atom. The van der Waals surface area contributed by atoms with Crippen molar-refractivity contribution in [2.24, 2.45) is 0 Å². The number of para-hydroxylation sites is 2. The highest BCUT2D eigenvalue weighted by atomic mass is 19.1. The predicted octanol–water partition coefficient (Wildman–Crippen LogP) is 2.24. The van der Waals surface area contributed by atoms with Crippen LogP contribution >= 0.6 is 0 Å². The first-order chi connectivity index (χ1) is 13.2. The summed E-state index contributed by atoms with van der Waals surface area (Å²) in [5.41, 5.74) is 2.65. The molecule has 8 nitrogen and oxygen atoms in total. The molecule has 0 saturated carbocycles. The summed E-state index contributed by atoms with van der Waals surface area (Å²) in [6.45, 7) is 0.538. The second-order valence-electron chi connectivity index (χ2n) is 6.16. The molecule has 0 bridgehead atoms. The van der Waals surface area contributed by atoms with Crippen molar-refractivity contribution in [3.63, 3.8) is 0 Å². The van der Waals surface area contributed by atoms with Crippen molar-refractivity contribution in [2.45, 2.75) is 6.42 Å². The first-order valence-corrected chi connectivity index (χ1v) is 8.43. The van der Waals surface area contributed by atoms with Crippen LogP contribution in [-0.2, 0) is 6.42 Å². The molecule has 5 rings (SSSR count). The number of H-pyrrole nitrogens is 2. The molecule has 0 atom stereocenters. The summed E-state index contributed by atoms with van der Waals surface area (Å²) in [7, 11) is 0. The molecule has 0 amide bonds. The standard InChI is InChI=1S/C18H14FN7O/c19-10-5-6-13-14(9-10)26-17(24-25-18(26)27)16(23-13)20-8-7-15-21-11-3-1-2-4-12(11)22-15/h1-6,9H,7-8H2,(H,20,23)(H,21,22)(H,25,27). The quantitative estimate of drug-likeness (QED) is 0.454. The van der Waals surface area contributed by atoms with Crippen LogP contribution in [0.15, 0.2) is 47.3 Å². The first-order valence-electron chi connectivity index (χ1n) is 8.43. The molecule has 3 heterocycles. The van der Waals surface area contributed by atoms with E-state index >= 15 is 0 Å². The molecule has 0 aliphatic carbocycles. The van der Waals surface area contributed by atoms with E-state index in [1.807, 2.05) is 24.3 Å². The van der Waals surface area contributed by atoms with Gasteiger partial charge in [0.2, 0.25) is 5.65 Å². The monoisotopic (exact) mass is 363 g/mol. The molecule has 3 N–H and O–H groups in total. The number of fused-ring (bicyclic) bond motifs is 4. The molecule has 0 aliphatic heterocycles. The van der Waals surface area contributed by atoms with Gasteiger partial charge in [0.15, 0.2) is 5.82 Å². The maximum Gasteiger partial charge on any atom is 0.348 e. The maximum absolute atomic E-state index is 13.6. The minimum Gasteiger partial charge on any atom is -0.366 e. The lowest BCUT2D eigenvalue weighted by Gasteiger charge is -2.08. The van der Waals surface area contributed by atoms with E-state index in [1.165, 1.54) is 22.6 Å². The van der Waals surface area contributed by atoms with Crippen LogP contribution in [0.4, 0.5) is 10.2 Å². The van der Waals surface area contributed by atoms with Crippen LogP contribution in [0.25, 0.3) is 27.7 Å². The fraction of sp³-hybridized carbons (Fsp3) is 0.111. The molecule has 0 fully saturated rings. The Hall–Kier alpha value is -3.75. The largest absolute Gasteiger partial charge is 0.366 e. The number of halogens is 1. The topological polar surface area (TPSA) is 104 Å². The number of aromatic amines is 2. The summed E-state index contributed by atoms with van der Waals surface area (Å²) in [6, 6.07) is 11.9. The van der Waals surface area contributed by atoms with E-state index in [1.54, 1.807) is 0 Å². The molecule has 3 aromatic heterocycles. The lowest BCUT2D eigenvalue weighted by Crippen LogP contribution is -2.13. The number of benzene rings is 2. The van der Waals surface area contributed by atoms with Crippen molar-refractivity contribution in [1.29, 1.82) is 0 Å². The second kappa shape index (κ2) is 5.90. The van der Waals surface area contributed by atoms with Gasteiger partial charge in [-0.2, -0.15) is 0 Å². The molecule has 0 spiro atoms. The third kappa shape index (κ3) is 2.60. The molecule has 0 unspecified atom stereocenters. The number of nitrogens with one attached hydrogen (secondary N) is 3. The number of aromatic nitrogens is 6. The van der Waals surface area contributed by atoms with Crippen molar-refractivity contribution in [3.05, 3.63) is 64.6 Å². The molecular formula is C18H14FN7O. The van der Waals surface area contributed by atoms with Crippen LogP contribution in [0.5, 0.6) is 0 Å². The fourth-order valence-corrected chi connectivity index (χ4v) is 3.16. The Kier molecular flexibility index (Phi) is 3.39. The smallest absolute Gasteiger partial charge is 0.348 e. The Morgan fingerprint density at radius 1 is 1.11 bits per heavy atom. The normalized spacial score (nSPS) is 11.6. The van der Waals surface area contributed by atoms with Crippen LogP contribution in [-0.4, -0.2) is 36.1 Å². The number of anilines is 1. The van der Waals surface area contributed by atoms with Crippen molar-refractivity contribution in [3.8, 4) is 0 Å². The van der Waals surface area contributed by atoms with Gasteiger partial charge in [-0.3, -0.25) is 0 Å². The van der Waals surface area contributed by atoms with Crippen molar-refractivity contribution in [1.82, 2.24) is 29.5 Å². The van der Waals surface area contributed by atoms with Gasteiger partial charge in [-0.05, 0) is 24.3 Å². The Morgan fingerprint density at radius 3 is 2.89 bits per heavy atom. The molecule has 9 heteroatoms. The van der Waals surface area contributed by atoms with Crippen LogP contribution in [0.1, 0.15) is 5.82 Å². The number of hydrogen-bond donors (Lipinski definition) is 3. The van der Waals surface area contributed by atoms with Crippen LogP contribution in [0, 0.1) is 5.82 Å². The first kappa shape index (κ1) is 15.5. The lowest BCUT2D eigenvalue weighted by atomic mass is 10.3. The molecule has 0 saturated heterocycles. The minimum atomic E-state index is -0.441. The van der Waals surface area contributed by atoms with Gasteiger partial charge < -0.3 is 10.3 Å². The lowest BCUT2D eigenvalue weighted by molar-refractivity contribution is 0.629. The zero-order valence-electron chi connectivity index (χ0n) is 14.0. The molecular weight excluding hydrogens is 349 g/mol. The van der Waals surface area contributed by atoms with Gasteiger partial charge in [-0.15, -0.1) is 5.10 Å². The van der Waals surface area contributed by atoms with E-state index in [4.69, 9.17) is 0 Å². The Bertz CT molecular complexity index is 1320. The number of hydrogen-bond acceptors (Lipinski definition) is 5. The van der Waals surface area contributed by atoms with E-state index in [2.05, 4.69) is 30.5 Å². The van der Waals surface area contributed by atoms with Gasteiger partial charge in [-0.1, -0.05) is 12.1 Å². The second-order valence-corrected chi connectivity index (χ2v) is 6.16. The summed E-state index contributed by atoms with van der Waals surface area (Å²) in [6.07, 6.45) is 0.638. The van der Waals surface area contributed by atoms with Gasteiger partial charge in [0.1, 0.15) is 11.6 Å². The van der Waals surface area contributed by atoms with Gasteiger partial charge in [0.25, 0.3) is 0 Å². The molecule has 134 valence electrons. The zero-order chi connectivity index (χ0) is 18.4. The van der Waals surface area contributed by atoms with E-state index in [0.717, 1.165) is 16.9 Å². The highest BCUT2D eigenvalue weighted by Crippen LogP contribution is 2.19. The van der Waals surface area contributed by atoms with Crippen LogP contribution < -0.4 is 11.0 Å². The predicted molar refractivity (Wildman–Crippen MR) is 99.4 cm³/mol. The summed E-state index contributed by atoms with van der Waals surface area (Å²) >= 11 is 0. The van der Waals surface area contributed by atoms with E-state index in [0.29, 0.717) is 35.5 Å². The fourth-order valence-electron chi connectivity index (χ4n) is 3.16. The molecule has 5 aromatic rings. The van der Waals surface area contributed by atoms with E-state index in [9.17, 15) is 9.18 Å². The summed E-state index contributed by atoms with van der Waals surface area (Å²) < 4.78 is 14.9. The summed E-state index contributed by atoms with van der Waals surface area (Å²) in [5.74, 6) is 0.856. The van der Waals surface area contributed by atoms with Crippen LogP contribution in [0.2, 0.25) is 0 Å². The number of rotatable bonds is 4. The van der Waals surface area contributed by atoms with Crippen molar-refractivity contribution < 1.29 is 4.39 Å². The Balaban J connectivity index is 1.47. The number of nitrogens with zero attached hydrogens (tertiary/aromatic N) is 4. The SMILES string of the molecule is O=c1[nH]nc2c(NCCc3nc4ccccc4[nH]3)nc3ccc(F)cc3n12. The number of imidazole rings is 1. The van der Waals surface area contributed by atoms with Gasteiger partial charge in [0, 0.05) is 19.0 Å². The van der Waals surface area contributed by atoms with Crippen molar-refractivity contribution >= 4 is 33.5 Å². The third-order valence-electron chi connectivity index (χ3n) is 4.39. The van der Waals surface area contributed by atoms with Gasteiger partial charge >= 0.3 is 5.69 Å². The molecule has 0 aliphatic rings. The molecule has 27 heavy (non-hydrogen) atoms. The van der Waals surface area contributed by atoms with Crippen molar-refractivity contribution in [2.75, 3.05) is 11.9 Å².